The summed E-state index contributed by atoms with van der Waals surface area (Å²) in [6.45, 7) is 0.468. The molecule has 1 aliphatic carbocycles. The Labute approximate surface area is 158 Å². The fraction of sp³-hybridized carbons (Fsp3) is 0.250. The Balaban J connectivity index is 1.51. The molecule has 0 N–H and O–H groups in total. The third kappa shape index (κ3) is 2.70. The molecule has 4 aromatic rings. The number of hydrogen-bond acceptors (Lipinski definition) is 5. The van der Waals surface area contributed by atoms with E-state index in [1.807, 2.05) is 23.6 Å². The minimum absolute atomic E-state index is 0.0728. The van der Waals surface area contributed by atoms with E-state index in [-0.39, 0.29) is 5.56 Å². The van der Waals surface area contributed by atoms with Crippen molar-refractivity contribution >= 4 is 32.9 Å². The van der Waals surface area contributed by atoms with Crippen molar-refractivity contribution in [3.05, 3.63) is 68.5 Å². The van der Waals surface area contributed by atoms with Gasteiger partial charge in [-0.2, -0.15) is 0 Å². The van der Waals surface area contributed by atoms with E-state index in [2.05, 4.69) is 17.1 Å². The number of aromatic nitrogens is 3. The zero-order chi connectivity index (χ0) is 17.5. The molecular formula is C20H17N3OS2. The second kappa shape index (κ2) is 6.45. The van der Waals surface area contributed by atoms with Crippen molar-refractivity contribution in [1.29, 1.82) is 0 Å². The fourth-order valence-corrected chi connectivity index (χ4v) is 5.60. The van der Waals surface area contributed by atoms with E-state index in [1.54, 1.807) is 33.6 Å². The quantitative estimate of drug-likeness (QED) is 0.526. The van der Waals surface area contributed by atoms with Gasteiger partial charge in [-0.25, -0.2) is 9.97 Å². The fourth-order valence-electron chi connectivity index (χ4n) is 3.56. The van der Waals surface area contributed by atoms with Gasteiger partial charge in [0.25, 0.3) is 5.56 Å². The van der Waals surface area contributed by atoms with Gasteiger partial charge in [-0.05, 0) is 31.2 Å². The highest BCUT2D eigenvalue weighted by Gasteiger charge is 2.20. The van der Waals surface area contributed by atoms with Crippen molar-refractivity contribution in [3.8, 4) is 10.6 Å². The molecule has 1 aromatic carbocycles. The number of rotatable bonds is 3. The summed E-state index contributed by atoms with van der Waals surface area (Å²) in [7, 11) is 0. The van der Waals surface area contributed by atoms with Crippen LogP contribution >= 0.6 is 22.7 Å². The second-order valence-electron chi connectivity index (χ2n) is 6.58. The molecule has 0 spiro atoms. The van der Waals surface area contributed by atoms with Gasteiger partial charge in [-0.1, -0.05) is 30.3 Å². The molecule has 0 aliphatic heterocycles. The van der Waals surface area contributed by atoms with E-state index < -0.39 is 0 Å². The van der Waals surface area contributed by atoms with Gasteiger partial charge in [0.1, 0.15) is 9.84 Å². The molecule has 0 saturated carbocycles. The lowest BCUT2D eigenvalue weighted by molar-refractivity contribution is 0.696. The largest absolute Gasteiger partial charge is 0.293 e. The number of hydrogen-bond donors (Lipinski definition) is 0. The average molecular weight is 380 g/mol. The summed E-state index contributed by atoms with van der Waals surface area (Å²) in [4.78, 5) is 24.6. The molecule has 3 heterocycles. The van der Waals surface area contributed by atoms with Crippen LogP contribution in [0.4, 0.5) is 0 Å². The smallest absolute Gasteiger partial charge is 0.262 e. The highest BCUT2D eigenvalue weighted by Crippen LogP contribution is 2.33. The molecule has 0 radical (unpaired) electrons. The number of aryl methyl sites for hydroxylation is 2. The Kier molecular flexibility index (Phi) is 3.94. The Morgan fingerprint density at radius 2 is 1.96 bits per heavy atom. The van der Waals surface area contributed by atoms with Gasteiger partial charge in [0, 0.05) is 15.8 Å². The first-order valence-electron chi connectivity index (χ1n) is 8.79. The number of fused-ring (bicyclic) bond motifs is 3. The van der Waals surface area contributed by atoms with E-state index >= 15 is 0 Å². The molecule has 1 aliphatic rings. The summed E-state index contributed by atoms with van der Waals surface area (Å²) in [5.74, 6) is 0. The van der Waals surface area contributed by atoms with Crippen LogP contribution in [0.5, 0.6) is 0 Å². The van der Waals surface area contributed by atoms with Crippen molar-refractivity contribution < 1.29 is 0 Å². The Morgan fingerprint density at radius 3 is 2.85 bits per heavy atom. The highest BCUT2D eigenvalue weighted by molar-refractivity contribution is 7.18. The first kappa shape index (κ1) is 15.9. The maximum absolute atomic E-state index is 13.0. The van der Waals surface area contributed by atoms with E-state index in [0.717, 1.165) is 39.3 Å². The van der Waals surface area contributed by atoms with Crippen molar-refractivity contribution in [2.75, 3.05) is 0 Å². The number of thiazole rings is 1. The van der Waals surface area contributed by atoms with Gasteiger partial charge >= 0.3 is 0 Å². The van der Waals surface area contributed by atoms with Crippen LogP contribution in [0.1, 0.15) is 29.0 Å². The second-order valence-corrected chi connectivity index (χ2v) is 8.52. The van der Waals surface area contributed by atoms with E-state index in [4.69, 9.17) is 4.98 Å². The minimum atomic E-state index is 0.0728. The lowest BCUT2D eigenvalue weighted by Gasteiger charge is -2.10. The summed E-state index contributed by atoms with van der Waals surface area (Å²) >= 11 is 3.30. The van der Waals surface area contributed by atoms with Gasteiger partial charge in [-0.15, -0.1) is 22.7 Å². The van der Waals surface area contributed by atoms with E-state index in [9.17, 15) is 4.79 Å². The molecule has 4 nitrogen and oxygen atoms in total. The SMILES string of the molecule is O=c1c2c3c(sc2ncn1Cc1csc(-c2ccccc2)n1)CCCC3. The molecule has 3 aromatic heterocycles. The average Bonchev–Trinajstić information content (AvgIpc) is 3.29. The molecule has 0 unspecified atom stereocenters. The van der Waals surface area contributed by atoms with Crippen LogP contribution in [0, 0.1) is 0 Å². The predicted molar refractivity (Wildman–Crippen MR) is 107 cm³/mol. The van der Waals surface area contributed by atoms with Crippen LogP contribution in [0.3, 0.4) is 0 Å². The third-order valence-electron chi connectivity index (χ3n) is 4.85. The standard InChI is InChI=1S/C20H17N3OS2/c24-20-17-15-8-4-5-9-16(15)26-19(17)21-12-23(20)10-14-11-25-18(22-14)13-6-2-1-3-7-13/h1-3,6-7,11-12H,4-5,8-10H2. The van der Waals surface area contributed by atoms with Crippen molar-refractivity contribution in [3.63, 3.8) is 0 Å². The lowest BCUT2D eigenvalue weighted by atomic mass is 9.97. The minimum Gasteiger partial charge on any atom is -0.293 e. The van der Waals surface area contributed by atoms with Crippen LogP contribution in [-0.2, 0) is 19.4 Å². The summed E-state index contributed by atoms with van der Waals surface area (Å²) in [5, 5.41) is 3.85. The van der Waals surface area contributed by atoms with Crippen LogP contribution in [0.25, 0.3) is 20.8 Å². The maximum Gasteiger partial charge on any atom is 0.262 e. The molecule has 5 rings (SSSR count). The molecule has 0 amide bonds. The van der Waals surface area contributed by atoms with Gasteiger partial charge < -0.3 is 0 Å². The van der Waals surface area contributed by atoms with Gasteiger partial charge in [0.2, 0.25) is 0 Å². The zero-order valence-electron chi connectivity index (χ0n) is 14.1. The summed E-state index contributed by atoms with van der Waals surface area (Å²) in [5.41, 5.74) is 3.33. The molecule has 26 heavy (non-hydrogen) atoms. The van der Waals surface area contributed by atoms with Crippen molar-refractivity contribution in [2.45, 2.75) is 32.2 Å². The van der Waals surface area contributed by atoms with Gasteiger partial charge in [0.15, 0.2) is 0 Å². The van der Waals surface area contributed by atoms with Crippen LogP contribution < -0.4 is 5.56 Å². The Morgan fingerprint density at radius 1 is 1.12 bits per heavy atom. The van der Waals surface area contributed by atoms with Gasteiger partial charge in [0.05, 0.1) is 24.0 Å². The molecular weight excluding hydrogens is 362 g/mol. The summed E-state index contributed by atoms with van der Waals surface area (Å²) in [6.07, 6.45) is 6.15. The lowest BCUT2D eigenvalue weighted by Crippen LogP contribution is -2.21. The highest BCUT2D eigenvalue weighted by atomic mass is 32.1. The summed E-state index contributed by atoms with van der Waals surface area (Å²) < 4.78 is 1.70. The van der Waals surface area contributed by atoms with Crippen LogP contribution in [0.15, 0.2) is 46.8 Å². The van der Waals surface area contributed by atoms with Crippen molar-refractivity contribution in [2.24, 2.45) is 0 Å². The van der Waals surface area contributed by atoms with Crippen LogP contribution in [-0.4, -0.2) is 14.5 Å². The van der Waals surface area contributed by atoms with E-state index in [0.29, 0.717) is 6.54 Å². The normalized spacial score (nSPS) is 13.8. The van der Waals surface area contributed by atoms with E-state index in [1.165, 1.54) is 23.3 Å². The maximum atomic E-state index is 13.0. The third-order valence-corrected chi connectivity index (χ3v) is 6.99. The molecule has 0 fully saturated rings. The molecule has 0 atom stereocenters. The Bertz CT molecular complexity index is 1140. The first-order chi connectivity index (χ1) is 12.8. The molecule has 0 bridgehead atoms. The van der Waals surface area contributed by atoms with Gasteiger partial charge in [-0.3, -0.25) is 9.36 Å². The first-order valence-corrected chi connectivity index (χ1v) is 10.5. The number of benzene rings is 1. The summed E-state index contributed by atoms with van der Waals surface area (Å²) in [6, 6.07) is 10.1. The molecule has 6 heteroatoms. The Hall–Kier alpha value is -2.31. The molecule has 0 saturated heterocycles. The predicted octanol–water partition coefficient (Wildman–Crippen LogP) is 4.51. The molecule has 130 valence electrons. The number of thiophene rings is 1. The van der Waals surface area contributed by atoms with Crippen molar-refractivity contribution in [1.82, 2.24) is 14.5 Å². The van der Waals surface area contributed by atoms with Crippen LogP contribution in [0.2, 0.25) is 0 Å². The number of nitrogens with zero attached hydrogens (tertiary/aromatic N) is 3. The zero-order valence-corrected chi connectivity index (χ0v) is 15.8. The topological polar surface area (TPSA) is 47.8 Å². The monoisotopic (exact) mass is 379 g/mol.